The van der Waals surface area contributed by atoms with Crippen LogP contribution in [0.15, 0.2) is 30.7 Å². The van der Waals surface area contributed by atoms with E-state index in [0.29, 0.717) is 29.4 Å². The molecule has 8 heteroatoms. The van der Waals surface area contributed by atoms with Crippen LogP contribution in [-0.4, -0.2) is 62.1 Å². The highest BCUT2D eigenvalue weighted by Crippen LogP contribution is 2.28. The summed E-state index contributed by atoms with van der Waals surface area (Å²) in [7, 11) is 1.72. The number of ether oxygens (including phenoxy) is 2. The van der Waals surface area contributed by atoms with Crippen LogP contribution in [-0.2, 0) is 9.47 Å². The Bertz CT molecular complexity index is 870. The van der Waals surface area contributed by atoms with Crippen molar-refractivity contribution in [2.24, 2.45) is 5.92 Å². The Balaban J connectivity index is 1.34. The molecular formula is C25H36FN5O2. The minimum Gasteiger partial charge on any atom is -0.384 e. The Labute approximate surface area is 195 Å². The van der Waals surface area contributed by atoms with Crippen molar-refractivity contribution in [2.75, 3.05) is 50.7 Å². The molecule has 2 aromatic rings. The van der Waals surface area contributed by atoms with Crippen molar-refractivity contribution in [1.29, 1.82) is 0 Å². The topological polar surface area (TPSA) is 80.3 Å². The molecule has 1 aliphatic heterocycles. The summed E-state index contributed by atoms with van der Waals surface area (Å²) < 4.78 is 25.2. The minimum atomic E-state index is -0.338. The maximum absolute atomic E-state index is 14.7. The van der Waals surface area contributed by atoms with E-state index in [9.17, 15) is 4.39 Å². The molecule has 3 heterocycles. The number of anilines is 2. The lowest BCUT2D eigenvalue weighted by Crippen LogP contribution is -2.38. The van der Waals surface area contributed by atoms with Crippen LogP contribution in [0.2, 0.25) is 0 Å². The zero-order valence-electron chi connectivity index (χ0n) is 19.5. The lowest BCUT2D eigenvalue weighted by Gasteiger charge is -2.30. The van der Waals surface area contributed by atoms with Gasteiger partial charge in [-0.05, 0) is 56.6 Å². The van der Waals surface area contributed by atoms with Gasteiger partial charge in [-0.3, -0.25) is 4.98 Å². The van der Waals surface area contributed by atoms with Gasteiger partial charge in [0.25, 0.3) is 0 Å². The number of rotatable bonds is 10. The molecule has 1 saturated carbocycles. The molecule has 33 heavy (non-hydrogen) atoms. The second-order valence-corrected chi connectivity index (χ2v) is 9.09. The zero-order chi connectivity index (χ0) is 22.9. The van der Waals surface area contributed by atoms with Crippen LogP contribution in [0.25, 0.3) is 11.1 Å². The lowest BCUT2D eigenvalue weighted by atomic mass is 9.91. The van der Waals surface area contributed by atoms with E-state index in [1.807, 2.05) is 6.07 Å². The van der Waals surface area contributed by atoms with Gasteiger partial charge in [-0.2, -0.15) is 0 Å². The molecule has 0 amide bonds. The first-order valence-electron chi connectivity index (χ1n) is 12.1. The highest BCUT2D eigenvalue weighted by atomic mass is 19.1. The summed E-state index contributed by atoms with van der Waals surface area (Å²) in [4.78, 5) is 8.63. The molecule has 4 rings (SSSR count). The van der Waals surface area contributed by atoms with E-state index in [0.717, 1.165) is 82.7 Å². The molecule has 1 aliphatic carbocycles. The Morgan fingerprint density at radius 3 is 2.61 bits per heavy atom. The second-order valence-electron chi connectivity index (χ2n) is 9.09. The Kier molecular flexibility index (Phi) is 8.86. The molecule has 0 spiro atoms. The fourth-order valence-electron chi connectivity index (χ4n) is 4.65. The number of hydrogen-bond acceptors (Lipinski definition) is 7. The molecule has 2 aromatic heterocycles. The Hall–Kier alpha value is -2.29. The van der Waals surface area contributed by atoms with Crippen molar-refractivity contribution >= 4 is 11.5 Å². The third-order valence-electron chi connectivity index (χ3n) is 6.66. The third kappa shape index (κ3) is 7.09. The van der Waals surface area contributed by atoms with Gasteiger partial charge in [-0.15, -0.1) is 0 Å². The van der Waals surface area contributed by atoms with Crippen LogP contribution < -0.4 is 16.0 Å². The summed E-state index contributed by atoms with van der Waals surface area (Å²) in [6.07, 6.45) is 11.3. The molecule has 2 fully saturated rings. The molecule has 0 aromatic carbocycles. The van der Waals surface area contributed by atoms with Crippen LogP contribution in [0, 0.1) is 11.7 Å². The second kappa shape index (κ2) is 12.3. The molecule has 0 radical (unpaired) electrons. The third-order valence-corrected chi connectivity index (χ3v) is 6.66. The van der Waals surface area contributed by atoms with E-state index in [-0.39, 0.29) is 5.82 Å². The van der Waals surface area contributed by atoms with Crippen molar-refractivity contribution in [3.8, 4) is 11.1 Å². The summed E-state index contributed by atoms with van der Waals surface area (Å²) in [5.74, 6) is 0.971. The number of halogens is 1. The first kappa shape index (κ1) is 23.9. The average Bonchev–Trinajstić information content (AvgIpc) is 2.86. The van der Waals surface area contributed by atoms with Crippen molar-refractivity contribution in [3.05, 3.63) is 36.5 Å². The SMILES string of the molecule is COCCN[C@H]1CC[C@H](Nc2cc(-c3cncc(NCC4CCOCC4)c3)c(F)cn2)CC1. The van der Waals surface area contributed by atoms with Gasteiger partial charge in [0.15, 0.2) is 0 Å². The Morgan fingerprint density at radius 2 is 1.82 bits per heavy atom. The monoisotopic (exact) mass is 457 g/mol. The first-order valence-corrected chi connectivity index (χ1v) is 12.1. The van der Waals surface area contributed by atoms with Crippen molar-refractivity contribution in [3.63, 3.8) is 0 Å². The predicted octanol–water partition coefficient (Wildman–Crippen LogP) is 4.08. The van der Waals surface area contributed by atoms with Gasteiger partial charge in [0, 0.05) is 69.0 Å². The standard InChI is InChI=1S/C25H36FN5O2/c1-32-11-8-28-20-2-4-21(5-3-20)31-25-13-23(24(26)17-30-25)19-12-22(16-27-15-19)29-14-18-6-9-33-10-7-18/h12-13,15-18,20-21,28-29H,2-11,14H2,1H3,(H,30,31)/t20-,21-. The van der Waals surface area contributed by atoms with Gasteiger partial charge in [-0.25, -0.2) is 9.37 Å². The van der Waals surface area contributed by atoms with E-state index < -0.39 is 0 Å². The summed E-state index contributed by atoms with van der Waals surface area (Å²) in [6.45, 7) is 4.16. The fourth-order valence-corrected chi connectivity index (χ4v) is 4.65. The van der Waals surface area contributed by atoms with Crippen molar-refractivity contribution in [1.82, 2.24) is 15.3 Å². The van der Waals surface area contributed by atoms with Crippen LogP contribution in [0.4, 0.5) is 15.9 Å². The molecule has 0 atom stereocenters. The molecular weight excluding hydrogens is 421 g/mol. The van der Waals surface area contributed by atoms with Gasteiger partial charge in [-0.1, -0.05) is 0 Å². The van der Waals surface area contributed by atoms with Crippen LogP contribution in [0.1, 0.15) is 38.5 Å². The number of nitrogens with zero attached hydrogens (tertiary/aromatic N) is 2. The van der Waals surface area contributed by atoms with E-state index >= 15 is 0 Å². The molecule has 3 N–H and O–H groups in total. The van der Waals surface area contributed by atoms with E-state index in [1.165, 1.54) is 6.20 Å². The lowest BCUT2D eigenvalue weighted by molar-refractivity contribution is 0.0699. The minimum absolute atomic E-state index is 0.338. The molecule has 0 unspecified atom stereocenters. The molecule has 180 valence electrons. The van der Waals surface area contributed by atoms with Gasteiger partial charge in [0.05, 0.1) is 18.5 Å². The van der Waals surface area contributed by atoms with E-state index in [1.54, 1.807) is 25.6 Å². The van der Waals surface area contributed by atoms with Crippen molar-refractivity contribution in [2.45, 2.75) is 50.6 Å². The molecule has 2 aliphatic rings. The number of methoxy groups -OCH3 is 1. The van der Waals surface area contributed by atoms with E-state index in [2.05, 4.69) is 25.9 Å². The van der Waals surface area contributed by atoms with Crippen LogP contribution in [0.3, 0.4) is 0 Å². The van der Waals surface area contributed by atoms with Crippen molar-refractivity contribution < 1.29 is 13.9 Å². The molecule has 7 nitrogen and oxygen atoms in total. The average molecular weight is 458 g/mol. The van der Waals surface area contributed by atoms with Gasteiger partial charge >= 0.3 is 0 Å². The highest BCUT2D eigenvalue weighted by Gasteiger charge is 2.21. The summed E-state index contributed by atoms with van der Waals surface area (Å²) >= 11 is 0. The fraction of sp³-hybridized carbons (Fsp3) is 0.600. The van der Waals surface area contributed by atoms with E-state index in [4.69, 9.17) is 9.47 Å². The number of nitrogens with one attached hydrogen (secondary N) is 3. The highest BCUT2D eigenvalue weighted by molar-refractivity contribution is 5.69. The first-order chi connectivity index (χ1) is 16.2. The van der Waals surface area contributed by atoms with Gasteiger partial charge in [0.1, 0.15) is 11.6 Å². The largest absolute Gasteiger partial charge is 0.384 e. The van der Waals surface area contributed by atoms with Gasteiger partial charge < -0.3 is 25.4 Å². The summed E-state index contributed by atoms with van der Waals surface area (Å²) in [5.41, 5.74) is 2.18. The predicted molar refractivity (Wildman–Crippen MR) is 129 cm³/mol. The maximum Gasteiger partial charge on any atom is 0.149 e. The number of hydrogen-bond donors (Lipinski definition) is 3. The summed E-state index contributed by atoms with van der Waals surface area (Å²) in [6, 6.07) is 4.66. The van der Waals surface area contributed by atoms with Crippen LogP contribution >= 0.6 is 0 Å². The van der Waals surface area contributed by atoms with Crippen LogP contribution in [0.5, 0.6) is 0 Å². The normalized spacial score (nSPS) is 21.6. The molecule has 0 bridgehead atoms. The van der Waals surface area contributed by atoms with Gasteiger partial charge in [0.2, 0.25) is 0 Å². The summed E-state index contributed by atoms with van der Waals surface area (Å²) in [5, 5.41) is 10.5. The quantitative estimate of drug-likeness (QED) is 0.464. The molecule has 1 saturated heterocycles. The number of pyridine rings is 2. The number of aromatic nitrogens is 2. The Morgan fingerprint density at radius 1 is 1.03 bits per heavy atom. The zero-order valence-corrected chi connectivity index (χ0v) is 19.5. The smallest absolute Gasteiger partial charge is 0.149 e. The maximum atomic E-state index is 14.7.